The number of ether oxygens (including phenoxy) is 1. The molecule has 0 bridgehead atoms. The summed E-state index contributed by atoms with van der Waals surface area (Å²) in [5.74, 6) is -0.528. The smallest absolute Gasteiger partial charge is 0.342 e. The molecule has 0 saturated carbocycles. The lowest BCUT2D eigenvalue weighted by atomic mass is 10.1. The van der Waals surface area contributed by atoms with Crippen molar-refractivity contribution >= 4 is 33.0 Å². The number of fused-ring (bicyclic) bond motifs is 3. The molecule has 0 aliphatic rings. The van der Waals surface area contributed by atoms with E-state index in [9.17, 15) is 14.4 Å². The molecule has 7 heteroatoms. The molecule has 0 fully saturated rings. The van der Waals surface area contributed by atoms with Crippen molar-refractivity contribution in [1.29, 1.82) is 0 Å². The molecule has 0 amide bonds. The molecule has 138 valence electrons. The number of esters is 1. The zero-order valence-electron chi connectivity index (χ0n) is 15.8. The number of nitrogens with zero attached hydrogens (tertiary/aromatic N) is 2. The van der Waals surface area contributed by atoms with Gasteiger partial charge in [0.25, 0.3) is 5.56 Å². The third-order valence-electron chi connectivity index (χ3n) is 4.09. The quantitative estimate of drug-likeness (QED) is 0.646. The molecular formula is C19H22N2O4S. The minimum absolute atomic E-state index is 0.282. The van der Waals surface area contributed by atoms with Gasteiger partial charge in [-0.1, -0.05) is 11.3 Å². The lowest BCUT2D eigenvalue weighted by Crippen LogP contribution is -2.30. The second kappa shape index (κ2) is 6.09. The van der Waals surface area contributed by atoms with E-state index in [0.29, 0.717) is 15.7 Å². The minimum atomic E-state index is -0.681. The summed E-state index contributed by atoms with van der Waals surface area (Å²) in [5, 5.41) is 0. The molecule has 3 aromatic heterocycles. The fourth-order valence-corrected chi connectivity index (χ4v) is 4.23. The third-order valence-corrected chi connectivity index (χ3v) is 5.09. The Balaban J connectivity index is 2.55. The highest BCUT2D eigenvalue weighted by Crippen LogP contribution is 2.30. The fraction of sp³-hybridized carbons (Fsp3) is 0.421. The van der Waals surface area contributed by atoms with E-state index in [1.165, 1.54) is 4.57 Å². The summed E-state index contributed by atoms with van der Waals surface area (Å²) in [6, 6.07) is 3.79. The van der Waals surface area contributed by atoms with E-state index in [-0.39, 0.29) is 22.5 Å². The fourth-order valence-electron chi connectivity index (χ4n) is 3.17. The molecule has 0 unspecified atom stereocenters. The van der Waals surface area contributed by atoms with Gasteiger partial charge in [0.15, 0.2) is 0 Å². The molecule has 6 nitrogen and oxygen atoms in total. The summed E-state index contributed by atoms with van der Waals surface area (Å²) in [7, 11) is 0. The van der Waals surface area contributed by atoms with Gasteiger partial charge in [0.1, 0.15) is 16.7 Å². The number of pyridine rings is 1. The predicted molar refractivity (Wildman–Crippen MR) is 104 cm³/mol. The normalized spacial score (nSPS) is 12.1. The third kappa shape index (κ3) is 2.86. The van der Waals surface area contributed by atoms with Gasteiger partial charge in [0, 0.05) is 12.2 Å². The van der Waals surface area contributed by atoms with Crippen molar-refractivity contribution in [2.45, 2.75) is 53.7 Å². The summed E-state index contributed by atoms with van der Waals surface area (Å²) in [6.07, 6.45) is 0. The molecule has 0 aromatic carbocycles. The number of hydrogen-bond acceptors (Lipinski definition) is 5. The number of carbonyl (C=O) groups excluding carboxylic acids is 1. The van der Waals surface area contributed by atoms with Crippen LogP contribution in [0.15, 0.2) is 21.7 Å². The Morgan fingerprint density at radius 3 is 2.42 bits per heavy atom. The maximum atomic E-state index is 12.9. The van der Waals surface area contributed by atoms with Crippen molar-refractivity contribution in [3.63, 3.8) is 0 Å². The van der Waals surface area contributed by atoms with Gasteiger partial charge in [0.2, 0.25) is 0 Å². The molecule has 0 spiro atoms. The second-order valence-corrected chi connectivity index (χ2v) is 8.33. The molecule has 0 atom stereocenters. The average Bonchev–Trinajstić information content (AvgIpc) is 2.79. The zero-order chi connectivity index (χ0) is 19.4. The first kappa shape index (κ1) is 18.4. The Kier molecular flexibility index (Phi) is 4.30. The van der Waals surface area contributed by atoms with Crippen LogP contribution in [0.5, 0.6) is 0 Å². The summed E-state index contributed by atoms with van der Waals surface area (Å²) < 4.78 is 8.89. The zero-order valence-corrected chi connectivity index (χ0v) is 16.6. The van der Waals surface area contributed by atoms with E-state index in [0.717, 1.165) is 22.6 Å². The van der Waals surface area contributed by atoms with Crippen LogP contribution in [0.3, 0.4) is 0 Å². The molecule has 0 aliphatic carbocycles. The first-order chi connectivity index (χ1) is 12.0. The van der Waals surface area contributed by atoms with E-state index in [1.807, 2.05) is 26.0 Å². The highest BCUT2D eigenvalue weighted by molar-refractivity contribution is 7.16. The van der Waals surface area contributed by atoms with Crippen LogP contribution in [0.25, 0.3) is 15.7 Å². The predicted octanol–water partition coefficient (Wildman–Crippen LogP) is 3.27. The van der Waals surface area contributed by atoms with Crippen LogP contribution >= 0.6 is 11.3 Å². The Hall–Kier alpha value is -2.41. The van der Waals surface area contributed by atoms with Crippen molar-refractivity contribution in [1.82, 2.24) is 8.97 Å². The molecule has 0 saturated heterocycles. The van der Waals surface area contributed by atoms with E-state index in [1.54, 1.807) is 32.1 Å². The van der Waals surface area contributed by atoms with Crippen molar-refractivity contribution in [3.8, 4) is 0 Å². The van der Waals surface area contributed by atoms with E-state index >= 15 is 0 Å². The molecule has 3 aromatic rings. The molecule has 0 radical (unpaired) electrons. The van der Waals surface area contributed by atoms with Crippen molar-refractivity contribution in [2.75, 3.05) is 0 Å². The first-order valence-corrected chi connectivity index (χ1v) is 9.29. The molecule has 0 N–H and O–H groups in total. The Bertz CT molecular complexity index is 1160. The summed E-state index contributed by atoms with van der Waals surface area (Å²) >= 11 is 0.914. The summed E-state index contributed by atoms with van der Waals surface area (Å²) in [4.78, 5) is 37.9. The van der Waals surface area contributed by atoms with Crippen molar-refractivity contribution < 1.29 is 9.53 Å². The largest absolute Gasteiger partial charge is 0.456 e. The maximum absolute atomic E-state index is 12.9. The van der Waals surface area contributed by atoms with Gasteiger partial charge >= 0.3 is 10.8 Å². The Labute approximate surface area is 154 Å². The number of carbonyl (C=O) groups is 1. The molecule has 0 aliphatic heterocycles. The number of hydrogen-bond donors (Lipinski definition) is 0. The van der Waals surface area contributed by atoms with Crippen LogP contribution in [0.4, 0.5) is 0 Å². The minimum Gasteiger partial charge on any atom is -0.456 e. The summed E-state index contributed by atoms with van der Waals surface area (Å²) in [6.45, 7) is 11.2. The van der Waals surface area contributed by atoms with Gasteiger partial charge in [-0.25, -0.2) is 4.79 Å². The highest BCUT2D eigenvalue weighted by Gasteiger charge is 2.27. The molecule has 3 rings (SSSR count). The lowest BCUT2D eigenvalue weighted by Gasteiger charge is -2.19. The van der Waals surface area contributed by atoms with Crippen molar-refractivity contribution in [3.05, 3.63) is 49.0 Å². The molecular weight excluding hydrogens is 352 g/mol. The number of aromatic nitrogens is 2. The monoisotopic (exact) mass is 374 g/mol. The van der Waals surface area contributed by atoms with E-state index < -0.39 is 11.6 Å². The van der Waals surface area contributed by atoms with Crippen LogP contribution in [-0.4, -0.2) is 20.5 Å². The number of rotatable bonds is 2. The van der Waals surface area contributed by atoms with Gasteiger partial charge in [0.05, 0.1) is 10.2 Å². The molecule has 3 heterocycles. The highest BCUT2D eigenvalue weighted by atomic mass is 32.1. The lowest BCUT2D eigenvalue weighted by molar-refractivity contribution is 0.00742. The van der Waals surface area contributed by atoms with Crippen molar-refractivity contribution in [2.24, 2.45) is 0 Å². The van der Waals surface area contributed by atoms with Gasteiger partial charge in [-0.3, -0.25) is 14.2 Å². The summed E-state index contributed by atoms with van der Waals surface area (Å²) in [5.41, 5.74) is 1.95. The van der Waals surface area contributed by atoms with E-state index in [2.05, 4.69) is 0 Å². The van der Waals surface area contributed by atoms with Gasteiger partial charge < -0.3 is 9.14 Å². The van der Waals surface area contributed by atoms with Crippen LogP contribution in [0, 0.1) is 13.8 Å². The Morgan fingerprint density at radius 1 is 1.19 bits per heavy atom. The van der Waals surface area contributed by atoms with E-state index in [4.69, 9.17) is 4.74 Å². The van der Waals surface area contributed by atoms with Gasteiger partial charge in [-0.2, -0.15) is 0 Å². The Morgan fingerprint density at radius 2 is 1.85 bits per heavy atom. The van der Waals surface area contributed by atoms with Crippen LogP contribution in [-0.2, 0) is 11.3 Å². The standard InChI is InChI=1S/C19H22N2O4S/c1-7-20-16(22)14-15(26-18(20)24)13(17(23)25-19(4,5)6)12-9-10(2)8-11(3)21(12)14/h8-9H,7H2,1-6H3. The van der Waals surface area contributed by atoms with Crippen LogP contribution in [0.1, 0.15) is 49.3 Å². The SMILES string of the molecule is CCn1c(=O)sc2c(C(=O)OC(C)(C)C)c3cc(C)cc(C)n3c2c1=O. The van der Waals surface area contributed by atoms with Crippen LogP contribution in [0.2, 0.25) is 0 Å². The molecule has 26 heavy (non-hydrogen) atoms. The first-order valence-electron chi connectivity index (χ1n) is 8.47. The second-order valence-electron chi connectivity index (χ2n) is 7.37. The topological polar surface area (TPSA) is 69.8 Å². The average molecular weight is 374 g/mol. The van der Waals surface area contributed by atoms with Gasteiger partial charge in [-0.15, -0.1) is 0 Å². The maximum Gasteiger partial charge on any atom is 0.342 e. The van der Waals surface area contributed by atoms with Gasteiger partial charge in [-0.05, 0) is 59.2 Å². The van der Waals surface area contributed by atoms with Crippen LogP contribution < -0.4 is 10.4 Å². The number of aryl methyl sites for hydroxylation is 2.